The van der Waals surface area contributed by atoms with Crippen molar-refractivity contribution in [3.8, 4) is 0 Å². The number of anilines is 1. The van der Waals surface area contributed by atoms with Gasteiger partial charge in [0.05, 0.1) is 0 Å². The average Bonchev–Trinajstić information content (AvgIpc) is 2.85. The Morgan fingerprint density at radius 1 is 1.18 bits per heavy atom. The lowest BCUT2D eigenvalue weighted by molar-refractivity contribution is -0.147. The predicted molar refractivity (Wildman–Crippen MR) is 90.3 cm³/mol. The second-order valence-electron chi connectivity index (χ2n) is 6.05. The van der Waals surface area contributed by atoms with Crippen LogP contribution in [0.1, 0.15) is 23.0 Å². The molecule has 1 aromatic carbocycles. The second-order valence-corrected chi connectivity index (χ2v) is 7.73. The molecular weight excluding hydrogens is 409 g/mol. The number of aromatic nitrogens is 1. The van der Waals surface area contributed by atoms with Crippen LogP contribution in [0.3, 0.4) is 0 Å². The zero-order valence-corrected chi connectivity index (χ0v) is 15.7. The molecule has 0 unspecified atom stereocenters. The Hall–Kier alpha value is -2.47. The lowest BCUT2D eigenvalue weighted by Crippen LogP contribution is -2.43. The van der Waals surface area contributed by atoms with Crippen LogP contribution in [0.2, 0.25) is 0 Å². The summed E-state index contributed by atoms with van der Waals surface area (Å²) >= 11 is 0. The number of aryl methyl sites for hydroxylation is 1. The summed E-state index contributed by atoms with van der Waals surface area (Å²) in [5.41, 5.74) is -0.369. The van der Waals surface area contributed by atoms with E-state index in [0.29, 0.717) is 6.92 Å². The van der Waals surface area contributed by atoms with Crippen LogP contribution in [0.25, 0.3) is 0 Å². The van der Waals surface area contributed by atoms with Crippen LogP contribution in [-0.4, -0.2) is 31.1 Å². The molecule has 0 aliphatic rings. The maximum atomic E-state index is 13.3. The zero-order chi connectivity index (χ0) is 21.4. The average molecular weight is 425 g/mol. The smallest absolute Gasteiger partial charge is 0.345 e. The quantitative estimate of drug-likeness (QED) is 0.723. The van der Waals surface area contributed by atoms with Crippen molar-refractivity contribution in [3.05, 3.63) is 47.3 Å². The van der Waals surface area contributed by atoms with Crippen LogP contribution in [-0.2, 0) is 17.1 Å². The third-order valence-corrected chi connectivity index (χ3v) is 5.55. The predicted octanol–water partition coefficient (Wildman–Crippen LogP) is 3.09. The minimum Gasteiger partial charge on any atom is -0.345 e. The molecule has 0 bridgehead atoms. The summed E-state index contributed by atoms with van der Waals surface area (Å²) in [5, 5.41) is 2.28. The van der Waals surface area contributed by atoms with Gasteiger partial charge in [0.2, 0.25) is 10.0 Å². The van der Waals surface area contributed by atoms with E-state index in [-0.39, 0.29) is 16.9 Å². The number of hydrogen-bond acceptors (Lipinski definition) is 3. The molecule has 2 rings (SSSR count). The van der Waals surface area contributed by atoms with Crippen molar-refractivity contribution in [2.75, 3.05) is 5.32 Å². The molecule has 0 fully saturated rings. The van der Waals surface area contributed by atoms with Gasteiger partial charge in [-0.25, -0.2) is 17.2 Å². The van der Waals surface area contributed by atoms with E-state index in [1.807, 2.05) is 0 Å². The van der Waals surface area contributed by atoms with Gasteiger partial charge in [-0.1, -0.05) is 0 Å². The van der Waals surface area contributed by atoms with Crippen molar-refractivity contribution < 1.29 is 35.2 Å². The molecule has 0 saturated heterocycles. The highest BCUT2D eigenvalue weighted by atomic mass is 32.2. The van der Waals surface area contributed by atoms with Gasteiger partial charge in [0, 0.05) is 25.0 Å². The fourth-order valence-corrected chi connectivity index (χ4v) is 3.97. The van der Waals surface area contributed by atoms with Gasteiger partial charge in [0.25, 0.3) is 5.91 Å². The van der Waals surface area contributed by atoms with Gasteiger partial charge in [-0.3, -0.25) is 4.79 Å². The third kappa shape index (κ3) is 4.50. The molecule has 154 valence electrons. The van der Waals surface area contributed by atoms with Gasteiger partial charge < -0.3 is 9.88 Å². The van der Waals surface area contributed by atoms with Gasteiger partial charge in [0.15, 0.2) is 11.6 Å². The van der Waals surface area contributed by atoms with Crippen molar-refractivity contribution >= 4 is 21.6 Å². The number of halogens is 5. The van der Waals surface area contributed by atoms with E-state index >= 15 is 0 Å². The van der Waals surface area contributed by atoms with E-state index < -0.39 is 44.7 Å². The number of nitrogens with one attached hydrogen (secondary N) is 2. The lowest BCUT2D eigenvalue weighted by Gasteiger charge is -2.17. The number of nitrogens with zero attached hydrogens (tertiary/aromatic N) is 1. The van der Waals surface area contributed by atoms with Crippen LogP contribution in [0.5, 0.6) is 0 Å². The molecule has 0 spiro atoms. The van der Waals surface area contributed by atoms with Crippen molar-refractivity contribution in [1.29, 1.82) is 0 Å². The van der Waals surface area contributed by atoms with E-state index in [1.54, 1.807) is 0 Å². The fourth-order valence-electron chi connectivity index (χ4n) is 2.45. The molecule has 0 aliphatic carbocycles. The monoisotopic (exact) mass is 425 g/mol. The standard InChI is InChI=1S/C16H16F5N3O3S/c1-8-13(28(26,27)23-9(2)16(19,20)21)7-24(3)14(8)15(25)22-10-4-5-11(17)12(18)6-10/h4-7,9,23H,1-3H3,(H,22,25)/t9-/m1/s1. The highest BCUT2D eigenvalue weighted by molar-refractivity contribution is 7.89. The summed E-state index contributed by atoms with van der Waals surface area (Å²) in [6.45, 7) is 1.89. The molecule has 2 N–H and O–H groups in total. The van der Waals surface area contributed by atoms with Gasteiger partial charge in [0.1, 0.15) is 16.6 Å². The Labute approximate surface area is 157 Å². The Balaban J connectivity index is 2.34. The molecule has 0 aliphatic heterocycles. The molecule has 1 aromatic heterocycles. The number of hydrogen-bond donors (Lipinski definition) is 2. The van der Waals surface area contributed by atoms with E-state index in [2.05, 4.69) is 5.32 Å². The normalized spacial score (nSPS) is 13.4. The number of benzene rings is 1. The van der Waals surface area contributed by atoms with Crippen molar-refractivity contribution in [2.45, 2.75) is 31.0 Å². The largest absolute Gasteiger partial charge is 0.404 e. The first kappa shape index (κ1) is 21.8. The SMILES string of the molecule is Cc1c(S(=O)(=O)N[C@H](C)C(F)(F)F)cn(C)c1C(=O)Nc1ccc(F)c(F)c1. The van der Waals surface area contributed by atoms with Crippen LogP contribution in [0, 0.1) is 18.6 Å². The third-order valence-electron chi connectivity index (χ3n) is 3.89. The summed E-state index contributed by atoms with van der Waals surface area (Å²) in [5.74, 6) is -3.17. The minimum atomic E-state index is -4.79. The van der Waals surface area contributed by atoms with Gasteiger partial charge in [-0.15, -0.1) is 0 Å². The number of alkyl halides is 3. The molecule has 1 atom stereocenters. The molecule has 1 amide bonds. The molecule has 12 heteroatoms. The number of carbonyl (C=O) groups excluding carboxylic acids is 1. The Bertz CT molecular complexity index is 1020. The maximum Gasteiger partial charge on any atom is 0.404 e. The first-order valence-electron chi connectivity index (χ1n) is 7.75. The van der Waals surface area contributed by atoms with Crippen LogP contribution >= 0.6 is 0 Å². The van der Waals surface area contributed by atoms with Crippen LogP contribution in [0.4, 0.5) is 27.6 Å². The Kier molecular flexibility index (Phi) is 5.85. The highest BCUT2D eigenvalue weighted by Gasteiger charge is 2.39. The minimum absolute atomic E-state index is 0.0854. The van der Waals surface area contributed by atoms with E-state index in [4.69, 9.17) is 0 Å². The molecule has 0 radical (unpaired) electrons. The van der Waals surface area contributed by atoms with Crippen LogP contribution < -0.4 is 10.0 Å². The Morgan fingerprint density at radius 2 is 1.79 bits per heavy atom. The second kappa shape index (κ2) is 7.51. The highest BCUT2D eigenvalue weighted by Crippen LogP contribution is 2.25. The van der Waals surface area contributed by atoms with Crippen molar-refractivity contribution in [2.24, 2.45) is 7.05 Å². The number of carbonyl (C=O) groups is 1. The first-order valence-corrected chi connectivity index (χ1v) is 9.23. The van der Waals surface area contributed by atoms with E-state index in [9.17, 15) is 35.2 Å². The summed E-state index contributed by atoms with van der Waals surface area (Å²) in [4.78, 5) is 11.9. The van der Waals surface area contributed by atoms with Gasteiger partial charge >= 0.3 is 6.18 Å². The Morgan fingerprint density at radius 3 is 2.32 bits per heavy atom. The summed E-state index contributed by atoms with van der Waals surface area (Å²) in [6.07, 6.45) is -3.80. The molecule has 1 heterocycles. The van der Waals surface area contributed by atoms with Crippen LogP contribution in [0.15, 0.2) is 29.3 Å². The lowest BCUT2D eigenvalue weighted by atomic mass is 10.2. The first-order chi connectivity index (χ1) is 12.7. The molecule has 2 aromatic rings. The van der Waals surface area contributed by atoms with E-state index in [1.165, 1.54) is 18.7 Å². The van der Waals surface area contributed by atoms with Crippen molar-refractivity contribution in [1.82, 2.24) is 9.29 Å². The fraction of sp³-hybridized carbons (Fsp3) is 0.312. The van der Waals surface area contributed by atoms with Crippen molar-refractivity contribution in [3.63, 3.8) is 0 Å². The molecule has 6 nitrogen and oxygen atoms in total. The van der Waals surface area contributed by atoms with Gasteiger partial charge in [-0.05, 0) is 31.5 Å². The van der Waals surface area contributed by atoms with Gasteiger partial charge in [-0.2, -0.15) is 17.9 Å². The molecule has 28 heavy (non-hydrogen) atoms. The zero-order valence-electron chi connectivity index (χ0n) is 14.9. The molecular formula is C16H16F5N3O3S. The molecule has 0 saturated carbocycles. The summed E-state index contributed by atoms with van der Waals surface area (Å²) < 4.78 is 91.4. The maximum absolute atomic E-state index is 13.3. The summed E-state index contributed by atoms with van der Waals surface area (Å²) in [7, 11) is -3.26. The van der Waals surface area contributed by atoms with E-state index in [0.717, 1.165) is 29.0 Å². The number of amides is 1. The summed E-state index contributed by atoms with van der Waals surface area (Å²) in [6, 6.07) is 0.284. The topological polar surface area (TPSA) is 80.2 Å². The number of rotatable bonds is 5. The number of sulfonamides is 1.